The Morgan fingerprint density at radius 3 is 2.35 bits per heavy atom. The second-order valence-electron chi connectivity index (χ2n) is 6.52. The van der Waals surface area contributed by atoms with E-state index < -0.39 is 10.0 Å². The molecule has 2 aromatic rings. The summed E-state index contributed by atoms with van der Waals surface area (Å²) in [5.74, 6) is 0.826. The van der Waals surface area contributed by atoms with Crippen LogP contribution in [-0.2, 0) is 23.1 Å². The SMILES string of the molecule is COc1ccc(CNCc2ccccc2S(=O)(=O)N2CCCCC2)cc1. The van der Waals surface area contributed by atoms with E-state index in [1.807, 2.05) is 36.4 Å². The molecule has 0 amide bonds. The molecule has 3 rings (SSSR count). The smallest absolute Gasteiger partial charge is 0.243 e. The Morgan fingerprint density at radius 1 is 0.962 bits per heavy atom. The van der Waals surface area contributed by atoms with Crippen LogP contribution in [-0.4, -0.2) is 32.9 Å². The van der Waals surface area contributed by atoms with E-state index in [1.54, 1.807) is 23.5 Å². The van der Waals surface area contributed by atoms with Crippen LogP contribution in [0.15, 0.2) is 53.4 Å². The highest BCUT2D eigenvalue weighted by Gasteiger charge is 2.27. The van der Waals surface area contributed by atoms with Crippen LogP contribution in [0.5, 0.6) is 5.75 Å². The van der Waals surface area contributed by atoms with Gasteiger partial charge in [0.15, 0.2) is 0 Å². The summed E-state index contributed by atoms with van der Waals surface area (Å²) in [5.41, 5.74) is 1.94. The predicted molar refractivity (Wildman–Crippen MR) is 103 cm³/mol. The van der Waals surface area contributed by atoms with Crippen molar-refractivity contribution in [3.05, 3.63) is 59.7 Å². The maximum Gasteiger partial charge on any atom is 0.243 e. The average molecular weight is 375 g/mol. The van der Waals surface area contributed by atoms with Crippen LogP contribution in [0.25, 0.3) is 0 Å². The third-order valence-electron chi connectivity index (χ3n) is 4.71. The third kappa shape index (κ3) is 4.44. The van der Waals surface area contributed by atoms with Crippen molar-refractivity contribution in [3.8, 4) is 5.75 Å². The first-order valence-corrected chi connectivity index (χ1v) is 10.5. The molecule has 0 aromatic heterocycles. The topological polar surface area (TPSA) is 58.6 Å². The number of nitrogens with zero attached hydrogens (tertiary/aromatic N) is 1. The fourth-order valence-electron chi connectivity index (χ4n) is 3.23. The summed E-state index contributed by atoms with van der Waals surface area (Å²) in [6, 6.07) is 15.1. The fraction of sp³-hybridized carbons (Fsp3) is 0.400. The van der Waals surface area contributed by atoms with Gasteiger partial charge in [0, 0.05) is 26.2 Å². The van der Waals surface area contributed by atoms with Crippen molar-refractivity contribution < 1.29 is 13.2 Å². The number of nitrogens with one attached hydrogen (secondary N) is 1. The minimum absolute atomic E-state index is 0.420. The molecule has 2 aromatic carbocycles. The van der Waals surface area contributed by atoms with Crippen LogP contribution in [0.4, 0.5) is 0 Å². The van der Waals surface area contributed by atoms with Crippen LogP contribution in [0.1, 0.15) is 30.4 Å². The van der Waals surface area contributed by atoms with Crippen molar-refractivity contribution >= 4 is 10.0 Å². The Bertz CT molecular complexity index is 813. The Labute approximate surface area is 156 Å². The molecule has 140 valence electrons. The Morgan fingerprint density at radius 2 is 1.65 bits per heavy atom. The first-order valence-electron chi connectivity index (χ1n) is 9.03. The molecule has 1 aliphatic rings. The molecule has 1 aliphatic heterocycles. The summed E-state index contributed by atoms with van der Waals surface area (Å²) in [7, 11) is -1.77. The number of sulfonamides is 1. The van der Waals surface area contributed by atoms with Crippen LogP contribution in [0, 0.1) is 0 Å². The van der Waals surface area contributed by atoms with E-state index in [0.717, 1.165) is 36.1 Å². The van der Waals surface area contributed by atoms with Gasteiger partial charge >= 0.3 is 0 Å². The van der Waals surface area contributed by atoms with Crippen LogP contribution >= 0.6 is 0 Å². The fourth-order valence-corrected chi connectivity index (χ4v) is 4.97. The number of rotatable bonds is 7. The molecule has 0 saturated carbocycles. The molecule has 0 aliphatic carbocycles. The van der Waals surface area contributed by atoms with Crippen LogP contribution < -0.4 is 10.1 Å². The van der Waals surface area contributed by atoms with E-state index in [9.17, 15) is 8.42 Å². The van der Waals surface area contributed by atoms with Gasteiger partial charge in [-0.05, 0) is 42.2 Å². The number of hydrogen-bond acceptors (Lipinski definition) is 4. The van der Waals surface area contributed by atoms with E-state index in [1.165, 1.54) is 0 Å². The van der Waals surface area contributed by atoms with Crippen molar-refractivity contribution in [2.24, 2.45) is 0 Å². The Kier molecular flexibility index (Phi) is 6.29. The lowest BCUT2D eigenvalue weighted by molar-refractivity contribution is 0.346. The molecular formula is C20H26N2O3S. The summed E-state index contributed by atoms with van der Waals surface area (Å²) in [6.45, 7) is 2.42. The lowest BCUT2D eigenvalue weighted by Gasteiger charge is -2.26. The van der Waals surface area contributed by atoms with Crippen LogP contribution in [0.2, 0.25) is 0 Å². The van der Waals surface area contributed by atoms with Gasteiger partial charge in [-0.1, -0.05) is 36.8 Å². The van der Waals surface area contributed by atoms with Gasteiger partial charge in [0.25, 0.3) is 0 Å². The lowest BCUT2D eigenvalue weighted by atomic mass is 10.2. The molecule has 1 heterocycles. The third-order valence-corrected chi connectivity index (χ3v) is 6.71. The van der Waals surface area contributed by atoms with Gasteiger partial charge in [0.2, 0.25) is 10.0 Å². The zero-order chi connectivity index (χ0) is 18.4. The van der Waals surface area contributed by atoms with E-state index in [2.05, 4.69) is 5.32 Å². The average Bonchev–Trinajstić information content (AvgIpc) is 2.69. The lowest BCUT2D eigenvalue weighted by Crippen LogP contribution is -2.36. The molecule has 1 saturated heterocycles. The van der Waals surface area contributed by atoms with E-state index in [4.69, 9.17) is 4.74 Å². The second-order valence-corrected chi connectivity index (χ2v) is 8.43. The summed E-state index contributed by atoms with van der Waals surface area (Å²) >= 11 is 0. The molecule has 26 heavy (non-hydrogen) atoms. The molecule has 1 fully saturated rings. The molecule has 0 atom stereocenters. The summed E-state index contributed by atoms with van der Waals surface area (Å²) < 4.78 is 32.8. The molecule has 0 bridgehead atoms. The molecule has 6 heteroatoms. The van der Waals surface area contributed by atoms with Crippen molar-refractivity contribution in [2.45, 2.75) is 37.2 Å². The monoisotopic (exact) mass is 374 g/mol. The largest absolute Gasteiger partial charge is 0.497 e. The molecule has 0 spiro atoms. The number of benzene rings is 2. The van der Waals surface area contributed by atoms with Gasteiger partial charge in [-0.2, -0.15) is 4.31 Å². The van der Waals surface area contributed by atoms with Crippen molar-refractivity contribution in [3.63, 3.8) is 0 Å². The summed E-state index contributed by atoms with van der Waals surface area (Å²) in [6.07, 6.45) is 2.99. The Hall–Kier alpha value is -1.89. The standard InChI is InChI=1S/C20H26N2O3S/c1-25-19-11-9-17(10-12-19)15-21-16-18-7-3-4-8-20(18)26(23,24)22-13-5-2-6-14-22/h3-4,7-12,21H,2,5-6,13-16H2,1H3. The highest BCUT2D eigenvalue weighted by Crippen LogP contribution is 2.23. The Balaban J connectivity index is 1.68. The highest BCUT2D eigenvalue weighted by molar-refractivity contribution is 7.89. The molecule has 5 nitrogen and oxygen atoms in total. The number of ether oxygens (including phenoxy) is 1. The normalized spacial score (nSPS) is 15.7. The maximum absolute atomic E-state index is 13.0. The second kappa shape index (κ2) is 8.66. The predicted octanol–water partition coefficient (Wildman–Crippen LogP) is 3.16. The summed E-state index contributed by atoms with van der Waals surface area (Å²) in [5, 5.41) is 3.35. The first-order chi connectivity index (χ1) is 12.6. The van der Waals surface area contributed by atoms with Gasteiger partial charge in [0.05, 0.1) is 12.0 Å². The minimum atomic E-state index is -3.42. The quantitative estimate of drug-likeness (QED) is 0.809. The van der Waals surface area contributed by atoms with Crippen molar-refractivity contribution in [1.82, 2.24) is 9.62 Å². The number of methoxy groups -OCH3 is 1. The van der Waals surface area contributed by atoms with Crippen molar-refractivity contribution in [2.75, 3.05) is 20.2 Å². The van der Waals surface area contributed by atoms with Gasteiger partial charge in [0.1, 0.15) is 5.75 Å². The van der Waals surface area contributed by atoms with Gasteiger partial charge in [-0.25, -0.2) is 8.42 Å². The maximum atomic E-state index is 13.0. The van der Waals surface area contributed by atoms with Crippen LogP contribution in [0.3, 0.4) is 0 Å². The molecular weight excluding hydrogens is 348 g/mol. The zero-order valence-corrected chi connectivity index (χ0v) is 16.0. The van der Waals surface area contributed by atoms with Gasteiger partial charge < -0.3 is 10.1 Å². The highest BCUT2D eigenvalue weighted by atomic mass is 32.2. The van der Waals surface area contributed by atoms with Gasteiger partial charge in [-0.3, -0.25) is 0 Å². The molecule has 1 N–H and O–H groups in total. The van der Waals surface area contributed by atoms with E-state index >= 15 is 0 Å². The van der Waals surface area contributed by atoms with E-state index in [0.29, 0.717) is 31.1 Å². The molecule has 0 radical (unpaired) electrons. The number of hydrogen-bond donors (Lipinski definition) is 1. The van der Waals surface area contributed by atoms with E-state index in [-0.39, 0.29) is 0 Å². The van der Waals surface area contributed by atoms with Crippen molar-refractivity contribution in [1.29, 1.82) is 0 Å². The zero-order valence-electron chi connectivity index (χ0n) is 15.1. The number of piperidine rings is 1. The summed E-state index contributed by atoms with van der Waals surface area (Å²) in [4.78, 5) is 0.420. The molecule has 0 unspecified atom stereocenters. The minimum Gasteiger partial charge on any atom is -0.497 e. The first kappa shape index (κ1) is 18.9. The van der Waals surface area contributed by atoms with Gasteiger partial charge in [-0.15, -0.1) is 0 Å².